The largest absolute Gasteiger partial charge is 0.348 e. The lowest BCUT2D eigenvalue weighted by atomic mass is 10.0. The molecule has 0 bridgehead atoms. The van der Waals surface area contributed by atoms with E-state index < -0.39 is 10.8 Å². The maximum Gasteiger partial charge on any atom is 0.234 e. The molecule has 0 aliphatic heterocycles. The van der Waals surface area contributed by atoms with Gasteiger partial charge in [-0.05, 0) is 16.7 Å². The van der Waals surface area contributed by atoms with Crippen molar-refractivity contribution in [3.63, 3.8) is 0 Å². The van der Waals surface area contributed by atoms with Gasteiger partial charge in [0.2, 0.25) is 5.91 Å². The van der Waals surface area contributed by atoms with Crippen LogP contribution < -0.4 is 0 Å². The summed E-state index contributed by atoms with van der Waals surface area (Å²) in [6.07, 6.45) is 0. The molecule has 0 fully saturated rings. The highest BCUT2D eigenvalue weighted by Gasteiger charge is 2.10. The van der Waals surface area contributed by atoms with Crippen molar-refractivity contribution in [2.75, 3.05) is 19.8 Å². The van der Waals surface area contributed by atoms with Gasteiger partial charge in [-0.15, -0.1) is 0 Å². The summed E-state index contributed by atoms with van der Waals surface area (Å²) in [6, 6.07) is 18.1. The van der Waals surface area contributed by atoms with Crippen LogP contribution in [0.4, 0.5) is 0 Å². The van der Waals surface area contributed by atoms with E-state index in [0.29, 0.717) is 5.75 Å². The van der Waals surface area contributed by atoms with Crippen LogP contribution in [-0.4, -0.2) is 34.9 Å². The molecule has 2 aromatic rings. The molecule has 21 heavy (non-hydrogen) atoms. The van der Waals surface area contributed by atoms with Crippen LogP contribution in [0.3, 0.4) is 0 Å². The summed E-state index contributed by atoms with van der Waals surface area (Å²) in [6.45, 7) is 0. The van der Waals surface area contributed by atoms with Crippen LogP contribution >= 0.6 is 0 Å². The molecule has 3 nitrogen and oxygen atoms in total. The molecule has 0 heterocycles. The van der Waals surface area contributed by atoms with Gasteiger partial charge in [-0.2, -0.15) is 0 Å². The Morgan fingerprint density at radius 3 is 2.10 bits per heavy atom. The van der Waals surface area contributed by atoms with Gasteiger partial charge in [0, 0.05) is 30.6 Å². The SMILES string of the molecule is CN(C)C(=O)CS(=O)Cc1ccc(-c2ccccc2)cc1. The highest BCUT2D eigenvalue weighted by Crippen LogP contribution is 2.19. The van der Waals surface area contributed by atoms with E-state index in [4.69, 9.17) is 0 Å². The van der Waals surface area contributed by atoms with Gasteiger partial charge in [0.05, 0.1) is 0 Å². The molecule has 1 unspecified atom stereocenters. The van der Waals surface area contributed by atoms with Crippen molar-refractivity contribution in [1.82, 2.24) is 4.90 Å². The van der Waals surface area contributed by atoms with E-state index in [2.05, 4.69) is 12.1 Å². The Morgan fingerprint density at radius 2 is 1.52 bits per heavy atom. The molecule has 4 heteroatoms. The number of amides is 1. The number of carbonyl (C=O) groups is 1. The van der Waals surface area contributed by atoms with Crippen LogP contribution in [0.15, 0.2) is 54.6 Å². The molecule has 0 radical (unpaired) electrons. The summed E-state index contributed by atoms with van der Waals surface area (Å²) in [7, 11) is 2.19. The first kappa shape index (κ1) is 15.4. The Morgan fingerprint density at radius 1 is 0.952 bits per heavy atom. The molecule has 1 atom stereocenters. The van der Waals surface area contributed by atoms with E-state index in [1.807, 2.05) is 42.5 Å². The van der Waals surface area contributed by atoms with Gasteiger partial charge in [0.15, 0.2) is 0 Å². The second kappa shape index (κ2) is 7.18. The van der Waals surface area contributed by atoms with E-state index in [9.17, 15) is 9.00 Å². The molecule has 0 aromatic heterocycles. The molecule has 110 valence electrons. The molecule has 0 saturated heterocycles. The first-order valence-electron chi connectivity index (χ1n) is 6.76. The summed E-state index contributed by atoms with van der Waals surface area (Å²) in [5.41, 5.74) is 3.28. The van der Waals surface area contributed by atoms with Gasteiger partial charge in [-0.25, -0.2) is 0 Å². The van der Waals surface area contributed by atoms with Gasteiger partial charge < -0.3 is 4.90 Å². The summed E-state index contributed by atoms with van der Waals surface area (Å²) < 4.78 is 11.9. The first-order chi connectivity index (χ1) is 10.1. The zero-order valence-electron chi connectivity index (χ0n) is 12.3. The number of carbonyl (C=O) groups excluding carboxylic acids is 1. The third-order valence-corrected chi connectivity index (χ3v) is 4.40. The Labute approximate surface area is 128 Å². The van der Waals surface area contributed by atoms with E-state index in [1.54, 1.807) is 14.1 Å². The third-order valence-electron chi connectivity index (χ3n) is 3.17. The normalized spacial score (nSPS) is 11.9. The maximum absolute atomic E-state index is 11.9. The second-order valence-corrected chi connectivity index (χ2v) is 6.54. The minimum atomic E-state index is -1.16. The highest BCUT2D eigenvalue weighted by atomic mass is 32.2. The third kappa shape index (κ3) is 4.53. The van der Waals surface area contributed by atoms with E-state index in [0.717, 1.165) is 16.7 Å². The average molecular weight is 301 g/mol. The van der Waals surface area contributed by atoms with Crippen molar-refractivity contribution >= 4 is 16.7 Å². The van der Waals surface area contributed by atoms with Crippen LogP contribution in [-0.2, 0) is 21.3 Å². The zero-order chi connectivity index (χ0) is 15.2. The zero-order valence-corrected chi connectivity index (χ0v) is 13.1. The Bertz CT molecular complexity index is 621. The van der Waals surface area contributed by atoms with E-state index >= 15 is 0 Å². The Hall–Kier alpha value is -1.94. The van der Waals surface area contributed by atoms with Crippen molar-refractivity contribution in [3.05, 3.63) is 60.2 Å². The molecule has 2 rings (SSSR count). The summed E-state index contributed by atoms with van der Waals surface area (Å²) in [5, 5.41) is 0. The number of hydrogen-bond acceptors (Lipinski definition) is 2. The van der Waals surface area contributed by atoms with Gasteiger partial charge in [0.25, 0.3) is 0 Å². The topological polar surface area (TPSA) is 37.4 Å². The first-order valence-corrected chi connectivity index (χ1v) is 8.24. The minimum Gasteiger partial charge on any atom is -0.348 e. The van der Waals surface area contributed by atoms with Gasteiger partial charge in [-0.3, -0.25) is 9.00 Å². The molecule has 0 N–H and O–H groups in total. The fourth-order valence-corrected chi connectivity index (χ4v) is 3.13. The monoisotopic (exact) mass is 301 g/mol. The quantitative estimate of drug-likeness (QED) is 0.851. The van der Waals surface area contributed by atoms with Crippen LogP contribution in [0.2, 0.25) is 0 Å². The van der Waals surface area contributed by atoms with Gasteiger partial charge in [0.1, 0.15) is 5.75 Å². The standard InChI is InChI=1S/C17H19NO2S/c1-18(2)17(19)13-21(20)12-14-8-10-16(11-9-14)15-6-4-3-5-7-15/h3-11H,12-13H2,1-2H3. The Balaban J connectivity index is 2.00. The van der Waals surface area contributed by atoms with Crippen LogP contribution in [0.5, 0.6) is 0 Å². The lowest BCUT2D eigenvalue weighted by Gasteiger charge is -2.10. The van der Waals surface area contributed by atoms with Crippen molar-refractivity contribution in [2.45, 2.75) is 5.75 Å². The fraction of sp³-hybridized carbons (Fsp3) is 0.235. The molecule has 0 aliphatic carbocycles. The fourth-order valence-electron chi connectivity index (χ4n) is 1.93. The maximum atomic E-state index is 11.9. The molecule has 0 aliphatic rings. The number of rotatable bonds is 5. The lowest BCUT2D eigenvalue weighted by Crippen LogP contribution is -2.27. The predicted octanol–water partition coefficient (Wildman–Crippen LogP) is 2.69. The van der Waals surface area contributed by atoms with Crippen LogP contribution in [0.25, 0.3) is 11.1 Å². The molecule has 0 spiro atoms. The molecule has 2 aromatic carbocycles. The van der Waals surface area contributed by atoms with E-state index in [-0.39, 0.29) is 11.7 Å². The highest BCUT2D eigenvalue weighted by molar-refractivity contribution is 7.84. The number of hydrogen-bond donors (Lipinski definition) is 0. The average Bonchev–Trinajstić information content (AvgIpc) is 2.48. The smallest absolute Gasteiger partial charge is 0.234 e. The van der Waals surface area contributed by atoms with Crippen LogP contribution in [0.1, 0.15) is 5.56 Å². The van der Waals surface area contributed by atoms with Crippen molar-refractivity contribution in [3.8, 4) is 11.1 Å². The number of benzene rings is 2. The van der Waals surface area contributed by atoms with E-state index in [1.165, 1.54) is 4.90 Å². The van der Waals surface area contributed by atoms with Crippen molar-refractivity contribution in [1.29, 1.82) is 0 Å². The van der Waals surface area contributed by atoms with Crippen molar-refractivity contribution < 1.29 is 9.00 Å². The summed E-state index contributed by atoms with van der Waals surface area (Å²) in [4.78, 5) is 13.0. The molecular formula is C17H19NO2S. The predicted molar refractivity (Wildman–Crippen MR) is 87.3 cm³/mol. The molecular weight excluding hydrogens is 282 g/mol. The van der Waals surface area contributed by atoms with Crippen molar-refractivity contribution in [2.24, 2.45) is 0 Å². The lowest BCUT2D eigenvalue weighted by molar-refractivity contribution is -0.125. The van der Waals surface area contributed by atoms with Crippen LogP contribution in [0, 0.1) is 0 Å². The Kier molecular flexibility index (Phi) is 5.28. The minimum absolute atomic E-state index is 0.0768. The second-order valence-electron chi connectivity index (χ2n) is 5.08. The molecule has 1 amide bonds. The summed E-state index contributed by atoms with van der Waals surface area (Å²) in [5.74, 6) is 0.386. The summed E-state index contributed by atoms with van der Waals surface area (Å²) >= 11 is 0. The molecule has 0 saturated carbocycles. The number of nitrogens with zero attached hydrogens (tertiary/aromatic N) is 1. The van der Waals surface area contributed by atoms with Gasteiger partial charge >= 0.3 is 0 Å². The van der Waals surface area contributed by atoms with Gasteiger partial charge in [-0.1, -0.05) is 54.6 Å².